The zero-order chi connectivity index (χ0) is 13.7. The predicted octanol–water partition coefficient (Wildman–Crippen LogP) is 3.51. The van der Waals surface area contributed by atoms with Gasteiger partial charge in [-0.3, -0.25) is 4.79 Å². The summed E-state index contributed by atoms with van der Waals surface area (Å²) in [4.78, 5) is 13.2. The Kier molecular flexibility index (Phi) is 8.10. The van der Waals surface area contributed by atoms with Crippen molar-refractivity contribution in [2.75, 3.05) is 6.54 Å². The van der Waals surface area contributed by atoms with E-state index in [1.54, 1.807) is 11.3 Å². The monoisotopic (exact) mass is 380 g/mol. The number of halogens is 2. The average Bonchev–Trinajstić information content (AvgIpc) is 2.75. The van der Waals surface area contributed by atoms with Crippen LogP contribution in [-0.2, 0) is 11.2 Å². The maximum atomic E-state index is 11.9. The van der Waals surface area contributed by atoms with Crippen LogP contribution in [0.15, 0.2) is 15.9 Å². The van der Waals surface area contributed by atoms with Gasteiger partial charge in [0.05, 0.1) is 3.79 Å². The highest BCUT2D eigenvalue weighted by Gasteiger charge is 2.19. The van der Waals surface area contributed by atoms with E-state index in [1.807, 2.05) is 0 Å². The van der Waals surface area contributed by atoms with Gasteiger partial charge in [0.1, 0.15) is 0 Å². The summed E-state index contributed by atoms with van der Waals surface area (Å²) in [5.74, 6) is 0.203. The maximum absolute atomic E-state index is 11.9. The van der Waals surface area contributed by atoms with Gasteiger partial charge in [-0.2, -0.15) is 0 Å². The highest BCUT2D eigenvalue weighted by molar-refractivity contribution is 9.11. The molecule has 2 rings (SSSR count). The first-order chi connectivity index (χ1) is 9.13. The smallest absolute Gasteiger partial charge is 0.220 e. The number of carbonyl (C=O) groups is 1. The first-order valence-corrected chi connectivity index (χ1v) is 8.51. The van der Waals surface area contributed by atoms with E-state index >= 15 is 0 Å². The summed E-state index contributed by atoms with van der Waals surface area (Å²) in [6.45, 7) is 3.18. The van der Waals surface area contributed by atoms with Gasteiger partial charge >= 0.3 is 0 Å². The third-order valence-electron chi connectivity index (χ3n) is 3.44. The molecular weight excluding hydrogens is 360 g/mol. The van der Waals surface area contributed by atoms with Crippen LogP contribution in [0.4, 0.5) is 0 Å². The molecule has 0 spiro atoms. The molecule has 1 aliphatic heterocycles. The highest BCUT2D eigenvalue weighted by Crippen LogP contribution is 2.23. The molecule has 0 saturated carbocycles. The molecule has 2 atom stereocenters. The number of rotatable bonds is 5. The first kappa shape index (κ1) is 18.0. The van der Waals surface area contributed by atoms with E-state index in [-0.39, 0.29) is 18.3 Å². The quantitative estimate of drug-likeness (QED) is 0.819. The molecule has 1 fully saturated rings. The van der Waals surface area contributed by atoms with Crippen LogP contribution in [-0.4, -0.2) is 24.5 Å². The van der Waals surface area contributed by atoms with Gasteiger partial charge in [-0.1, -0.05) is 0 Å². The fourth-order valence-corrected chi connectivity index (χ4v) is 4.00. The standard InChI is InChI=1S/C14H21BrN2OS.ClH/c1-10-9-11(7-8-16-10)17-14(18)4-2-3-12-5-6-13(15)19-12;/h5-6,10-11,16H,2-4,7-9H2,1H3,(H,17,18);1H. The van der Waals surface area contributed by atoms with Crippen molar-refractivity contribution in [3.05, 3.63) is 20.8 Å². The van der Waals surface area contributed by atoms with Gasteiger partial charge in [0.25, 0.3) is 0 Å². The summed E-state index contributed by atoms with van der Waals surface area (Å²) in [5, 5.41) is 6.55. The number of aryl methyl sites for hydroxylation is 1. The number of hydrogen-bond donors (Lipinski definition) is 2. The number of amides is 1. The Morgan fingerprint density at radius 3 is 3.00 bits per heavy atom. The van der Waals surface area contributed by atoms with Crippen LogP contribution in [0.1, 0.15) is 37.5 Å². The van der Waals surface area contributed by atoms with Gasteiger partial charge in [0.15, 0.2) is 0 Å². The molecule has 1 aromatic heterocycles. The van der Waals surface area contributed by atoms with Crippen molar-refractivity contribution >= 4 is 45.6 Å². The molecule has 0 bridgehead atoms. The Bertz CT molecular complexity index is 427. The minimum Gasteiger partial charge on any atom is -0.353 e. The van der Waals surface area contributed by atoms with E-state index < -0.39 is 0 Å². The van der Waals surface area contributed by atoms with E-state index in [4.69, 9.17) is 0 Å². The number of carbonyl (C=O) groups excluding carboxylic acids is 1. The van der Waals surface area contributed by atoms with Crippen molar-refractivity contribution in [1.82, 2.24) is 10.6 Å². The number of hydrogen-bond acceptors (Lipinski definition) is 3. The summed E-state index contributed by atoms with van der Waals surface area (Å²) >= 11 is 5.21. The minimum atomic E-state index is 0. The molecule has 114 valence electrons. The van der Waals surface area contributed by atoms with E-state index in [0.29, 0.717) is 18.5 Å². The molecular formula is C14H22BrClN2OS. The van der Waals surface area contributed by atoms with Crippen LogP contribution in [0.5, 0.6) is 0 Å². The van der Waals surface area contributed by atoms with Crippen LogP contribution in [0.25, 0.3) is 0 Å². The lowest BCUT2D eigenvalue weighted by molar-refractivity contribution is -0.122. The second-order valence-electron chi connectivity index (χ2n) is 5.20. The van der Waals surface area contributed by atoms with Crippen molar-refractivity contribution in [2.24, 2.45) is 0 Å². The van der Waals surface area contributed by atoms with Crippen LogP contribution in [0.2, 0.25) is 0 Å². The molecule has 0 radical (unpaired) electrons. The number of piperidine rings is 1. The van der Waals surface area contributed by atoms with Crippen LogP contribution in [0.3, 0.4) is 0 Å². The molecule has 6 heteroatoms. The van der Waals surface area contributed by atoms with Crippen molar-refractivity contribution in [3.63, 3.8) is 0 Å². The predicted molar refractivity (Wildman–Crippen MR) is 90.8 cm³/mol. The maximum Gasteiger partial charge on any atom is 0.220 e. The Morgan fingerprint density at radius 2 is 2.35 bits per heavy atom. The molecule has 1 amide bonds. The largest absolute Gasteiger partial charge is 0.353 e. The third kappa shape index (κ3) is 6.12. The summed E-state index contributed by atoms with van der Waals surface area (Å²) in [5.41, 5.74) is 0. The lowest BCUT2D eigenvalue weighted by Gasteiger charge is -2.28. The highest BCUT2D eigenvalue weighted by atomic mass is 79.9. The summed E-state index contributed by atoms with van der Waals surface area (Å²) < 4.78 is 1.16. The third-order valence-corrected chi connectivity index (χ3v) is 5.13. The van der Waals surface area contributed by atoms with Crippen molar-refractivity contribution in [3.8, 4) is 0 Å². The lowest BCUT2D eigenvalue weighted by Crippen LogP contribution is -2.46. The molecule has 1 aromatic rings. The minimum absolute atomic E-state index is 0. The molecule has 2 heterocycles. The number of thiophene rings is 1. The van der Waals surface area contributed by atoms with Gasteiger partial charge in [0, 0.05) is 23.4 Å². The Hall–Kier alpha value is -0.100. The van der Waals surface area contributed by atoms with E-state index in [9.17, 15) is 4.79 Å². The summed E-state index contributed by atoms with van der Waals surface area (Å²) in [6, 6.07) is 5.07. The molecule has 2 unspecified atom stereocenters. The van der Waals surface area contributed by atoms with Crippen LogP contribution < -0.4 is 10.6 Å². The van der Waals surface area contributed by atoms with Crippen molar-refractivity contribution in [1.29, 1.82) is 0 Å². The topological polar surface area (TPSA) is 41.1 Å². The second-order valence-corrected chi connectivity index (χ2v) is 7.75. The van der Waals surface area contributed by atoms with Gasteiger partial charge in [0.2, 0.25) is 5.91 Å². The second kappa shape index (κ2) is 9.03. The molecule has 3 nitrogen and oxygen atoms in total. The normalized spacial score (nSPS) is 22.1. The molecule has 20 heavy (non-hydrogen) atoms. The molecule has 1 saturated heterocycles. The van der Waals surface area contributed by atoms with Gasteiger partial charge < -0.3 is 10.6 Å². The Labute approximate surface area is 139 Å². The van der Waals surface area contributed by atoms with Crippen molar-refractivity contribution in [2.45, 2.75) is 51.1 Å². The van der Waals surface area contributed by atoms with Crippen molar-refractivity contribution < 1.29 is 4.79 Å². The Balaban J connectivity index is 0.00000200. The van der Waals surface area contributed by atoms with Gasteiger partial charge in [-0.25, -0.2) is 0 Å². The SMILES string of the molecule is CC1CC(NC(=O)CCCc2ccc(Br)s2)CCN1.Cl. The van der Waals surface area contributed by atoms with Gasteiger partial charge in [-0.15, -0.1) is 23.7 Å². The van der Waals surface area contributed by atoms with E-state index in [1.165, 1.54) is 4.88 Å². The zero-order valence-corrected chi connectivity index (χ0v) is 14.9. The average molecular weight is 382 g/mol. The zero-order valence-electron chi connectivity index (χ0n) is 11.7. The van der Waals surface area contributed by atoms with Crippen LogP contribution >= 0.6 is 39.7 Å². The fraction of sp³-hybridized carbons (Fsp3) is 0.643. The molecule has 0 aliphatic carbocycles. The van der Waals surface area contributed by atoms with E-state index in [2.05, 4.69) is 45.6 Å². The number of nitrogens with one attached hydrogen (secondary N) is 2. The van der Waals surface area contributed by atoms with Crippen LogP contribution in [0, 0.1) is 0 Å². The summed E-state index contributed by atoms with van der Waals surface area (Å²) in [7, 11) is 0. The first-order valence-electron chi connectivity index (χ1n) is 6.90. The molecule has 0 aromatic carbocycles. The summed E-state index contributed by atoms with van der Waals surface area (Å²) in [6.07, 6.45) is 4.65. The lowest BCUT2D eigenvalue weighted by atomic mass is 10.0. The Morgan fingerprint density at radius 1 is 1.55 bits per heavy atom. The molecule has 1 aliphatic rings. The van der Waals surface area contributed by atoms with Gasteiger partial charge in [-0.05, 0) is 67.2 Å². The van der Waals surface area contributed by atoms with E-state index in [0.717, 1.165) is 36.0 Å². The molecule has 2 N–H and O–H groups in total. The fourth-order valence-electron chi connectivity index (χ4n) is 2.47.